The fraction of sp³-hybridized carbons (Fsp3) is 0.273. The summed E-state index contributed by atoms with van der Waals surface area (Å²) < 4.78 is 13.5. The lowest BCUT2D eigenvalue weighted by atomic mass is 10.2. The standard InChI is InChI=1S/C11H10FNO3/c12-7-3-1-2-4-8(7)13-9(11(15)16)5-6-10(13)14/h1-4,9H,5-6H2,(H,15,16)/t9-/m0/s1. The quantitative estimate of drug-likeness (QED) is 0.824. The van der Waals surface area contributed by atoms with Gasteiger partial charge < -0.3 is 5.11 Å². The number of anilines is 1. The number of carboxylic acids is 1. The molecule has 4 nitrogen and oxygen atoms in total. The molecule has 1 aliphatic heterocycles. The van der Waals surface area contributed by atoms with Gasteiger partial charge in [0.15, 0.2) is 0 Å². The van der Waals surface area contributed by atoms with Crippen LogP contribution in [0.25, 0.3) is 0 Å². The fourth-order valence-electron chi connectivity index (χ4n) is 1.87. The number of para-hydroxylation sites is 1. The lowest BCUT2D eigenvalue weighted by Gasteiger charge is -2.21. The number of aliphatic carboxylic acids is 1. The van der Waals surface area contributed by atoms with E-state index in [4.69, 9.17) is 5.11 Å². The third-order valence-electron chi connectivity index (χ3n) is 2.61. The molecule has 0 bridgehead atoms. The van der Waals surface area contributed by atoms with Crippen molar-refractivity contribution in [2.75, 3.05) is 4.90 Å². The molecule has 1 atom stereocenters. The highest BCUT2D eigenvalue weighted by Crippen LogP contribution is 2.28. The highest BCUT2D eigenvalue weighted by atomic mass is 19.1. The minimum Gasteiger partial charge on any atom is -0.480 e. The Balaban J connectivity index is 2.41. The Kier molecular flexibility index (Phi) is 2.60. The van der Waals surface area contributed by atoms with E-state index < -0.39 is 17.8 Å². The summed E-state index contributed by atoms with van der Waals surface area (Å²) in [5.74, 6) is -2.03. The Bertz CT molecular complexity index is 447. The van der Waals surface area contributed by atoms with Gasteiger partial charge >= 0.3 is 5.97 Å². The first-order chi connectivity index (χ1) is 7.61. The minimum atomic E-state index is -1.10. The summed E-state index contributed by atoms with van der Waals surface area (Å²) in [5.41, 5.74) is 0.0393. The van der Waals surface area contributed by atoms with Crippen LogP contribution >= 0.6 is 0 Å². The molecule has 0 saturated carbocycles. The molecule has 1 aromatic carbocycles. The van der Waals surface area contributed by atoms with E-state index in [0.29, 0.717) is 0 Å². The summed E-state index contributed by atoms with van der Waals surface area (Å²) >= 11 is 0. The summed E-state index contributed by atoms with van der Waals surface area (Å²) in [7, 11) is 0. The summed E-state index contributed by atoms with van der Waals surface area (Å²) in [5, 5.41) is 8.94. The third-order valence-corrected chi connectivity index (χ3v) is 2.61. The van der Waals surface area contributed by atoms with Gasteiger partial charge in [-0.25, -0.2) is 9.18 Å². The predicted octanol–water partition coefficient (Wildman–Crippen LogP) is 1.41. The van der Waals surface area contributed by atoms with Crippen LogP contribution < -0.4 is 4.90 Å². The van der Waals surface area contributed by atoms with Gasteiger partial charge in [-0.3, -0.25) is 9.69 Å². The lowest BCUT2D eigenvalue weighted by molar-refractivity contribution is -0.138. The van der Waals surface area contributed by atoms with Crippen LogP contribution in [0, 0.1) is 5.82 Å². The number of hydrogen-bond acceptors (Lipinski definition) is 2. The normalized spacial score (nSPS) is 20.2. The van der Waals surface area contributed by atoms with Gasteiger partial charge in [-0.05, 0) is 18.6 Å². The second-order valence-electron chi connectivity index (χ2n) is 3.61. The number of carbonyl (C=O) groups excluding carboxylic acids is 1. The van der Waals surface area contributed by atoms with E-state index in [1.807, 2.05) is 0 Å². The van der Waals surface area contributed by atoms with E-state index in [9.17, 15) is 14.0 Å². The molecule has 1 fully saturated rings. The van der Waals surface area contributed by atoms with Crippen LogP contribution in [0.15, 0.2) is 24.3 Å². The van der Waals surface area contributed by atoms with Crippen molar-refractivity contribution in [3.8, 4) is 0 Å². The van der Waals surface area contributed by atoms with Gasteiger partial charge in [0, 0.05) is 6.42 Å². The second kappa shape index (κ2) is 3.92. The monoisotopic (exact) mass is 223 g/mol. The molecule has 1 amide bonds. The summed E-state index contributed by atoms with van der Waals surface area (Å²) in [6.07, 6.45) is 0.369. The van der Waals surface area contributed by atoms with Crippen LogP contribution in [0.1, 0.15) is 12.8 Å². The lowest BCUT2D eigenvalue weighted by Crippen LogP contribution is -2.39. The molecule has 1 aromatic rings. The van der Waals surface area contributed by atoms with Crippen molar-refractivity contribution in [3.63, 3.8) is 0 Å². The Hall–Kier alpha value is -1.91. The number of hydrogen-bond donors (Lipinski definition) is 1. The first-order valence-electron chi connectivity index (χ1n) is 4.90. The molecule has 16 heavy (non-hydrogen) atoms. The van der Waals surface area contributed by atoms with Crippen molar-refractivity contribution in [1.82, 2.24) is 0 Å². The Morgan fingerprint density at radius 1 is 1.44 bits per heavy atom. The minimum absolute atomic E-state index is 0.0393. The Morgan fingerprint density at radius 3 is 2.75 bits per heavy atom. The highest BCUT2D eigenvalue weighted by Gasteiger charge is 2.38. The first-order valence-corrected chi connectivity index (χ1v) is 4.90. The van der Waals surface area contributed by atoms with E-state index in [0.717, 1.165) is 4.90 Å². The maximum atomic E-state index is 13.5. The first kappa shape index (κ1) is 10.6. The van der Waals surface area contributed by atoms with Crippen LogP contribution in [0.2, 0.25) is 0 Å². The summed E-state index contributed by atoms with van der Waals surface area (Å²) in [6.45, 7) is 0. The smallest absolute Gasteiger partial charge is 0.326 e. The van der Waals surface area contributed by atoms with Crippen molar-refractivity contribution >= 4 is 17.6 Å². The van der Waals surface area contributed by atoms with Gasteiger partial charge in [-0.1, -0.05) is 12.1 Å². The molecule has 1 saturated heterocycles. The molecular weight excluding hydrogens is 213 g/mol. The maximum absolute atomic E-state index is 13.5. The van der Waals surface area contributed by atoms with Crippen molar-refractivity contribution in [2.45, 2.75) is 18.9 Å². The zero-order chi connectivity index (χ0) is 11.7. The van der Waals surface area contributed by atoms with Gasteiger partial charge in [0.2, 0.25) is 5.91 Å². The van der Waals surface area contributed by atoms with Crippen LogP contribution in [0.4, 0.5) is 10.1 Å². The van der Waals surface area contributed by atoms with Crippen molar-refractivity contribution in [1.29, 1.82) is 0 Å². The molecule has 0 aromatic heterocycles. The van der Waals surface area contributed by atoms with Gasteiger partial charge in [-0.15, -0.1) is 0 Å². The zero-order valence-electron chi connectivity index (χ0n) is 8.39. The zero-order valence-corrected chi connectivity index (χ0v) is 8.39. The highest BCUT2D eigenvalue weighted by molar-refractivity contribution is 6.02. The van der Waals surface area contributed by atoms with Gasteiger partial charge in [-0.2, -0.15) is 0 Å². The summed E-state index contributed by atoms with van der Waals surface area (Å²) in [4.78, 5) is 23.5. The molecule has 5 heteroatoms. The van der Waals surface area contributed by atoms with Gasteiger partial charge in [0.1, 0.15) is 11.9 Å². The Labute approximate surface area is 91.3 Å². The molecule has 1 aliphatic rings. The molecule has 1 heterocycles. The number of benzene rings is 1. The number of halogens is 1. The summed E-state index contributed by atoms with van der Waals surface area (Å²) in [6, 6.07) is 4.73. The van der Waals surface area contributed by atoms with E-state index in [-0.39, 0.29) is 24.4 Å². The largest absolute Gasteiger partial charge is 0.480 e. The molecule has 2 rings (SSSR count). The molecular formula is C11H10FNO3. The van der Waals surface area contributed by atoms with Crippen LogP contribution in [-0.4, -0.2) is 23.0 Å². The number of carboxylic acid groups (broad SMARTS) is 1. The number of carbonyl (C=O) groups is 2. The SMILES string of the molecule is O=C(O)[C@@H]1CCC(=O)N1c1ccccc1F. The topological polar surface area (TPSA) is 57.6 Å². The van der Waals surface area contributed by atoms with Crippen molar-refractivity contribution < 1.29 is 19.1 Å². The van der Waals surface area contributed by atoms with E-state index >= 15 is 0 Å². The number of rotatable bonds is 2. The number of nitrogens with zero attached hydrogens (tertiary/aromatic N) is 1. The van der Waals surface area contributed by atoms with Crippen molar-refractivity contribution in [3.05, 3.63) is 30.1 Å². The fourth-order valence-corrected chi connectivity index (χ4v) is 1.87. The molecule has 0 aliphatic carbocycles. The second-order valence-corrected chi connectivity index (χ2v) is 3.61. The van der Waals surface area contributed by atoms with Crippen molar-refractivity contribution in [2.24, 2.45) is 0 Å². The van der Waals surface area contributed by atoms with Gasteiger partial charge in [0.25, 0.3) is 0 Å². The van der Waals surface area contributed by atoms with Crippen LogP contribution in [0.3, 0.4) is 0 Å². The van der Waals surface area contributed by atoms with E-state index in [1.165, 1.54) is 18.2 Å². The van der Waals surface area contributed by atoms with Crippen LogP contribution in [0.5, 0.6) is 0 Å². The predicted molar refractivity (Wildman–Crippen MR) is 54.5 cm³/mol. The van der Waals surface area contributed by atoms with E-state index in [1.54, 1.807) is 6.07 Å². The van der Waals surface area contributed by atoms with E-state index in [2.05, 4.69) is 0 Å². The molecule has 0 unspecified atom stereocenters. The average Bonchev–Trinajstić information content (AvgIpc) is 2.61. The average molecular weight is 223 g/mol. The van der Waals surface area contributed by atoms with Crippen LogP contribution in [-0.2, 0) is 9.59 Å². The number of amides is 1. The Morgan fingerprint density at radius 2 is 2.12 bits per heavy atom. The molecule has 84 valence electrons. The molecule has 0 radical (unpaired) electrons. The third kappa shape index (κ3) is 1.64. The molecule has 1 N–H and O–H groups in total. The van der Waals surface area contributed by atoms with Gasteiger partial charge in [0.05, 0.1) is 5.69 Å². The molecule has 0 spiro atoms. The maximum Gasteiger partial charge on any atom is 0.326 e.